The van der Waals surface area contributed by atoms with Gasteiger partial charge in [-0.05, 0) is 74.1 Å². The average Bonchev–Trinajstić information content (AvgIpc) is 2.83. The fraction of sp³-hybridized carbons (Fsp3) is 0.481. The van der Waals surface area contributed by atoms with Gasteiger partial charge < -0.3 is 15.0 Å². The van der Waals surface area contributed by atoms with Gasteiger partial charge in [0.05, 0.1) is 10.0 Å². The highest BCUT2D eigenvalue weighted by Gasteiger charge is 2.30. The summed E-state index contributed by atoms with van der Waals surface area (Å²) in [5.74, 6) is 0.230. The van der Waals surface area contributed by atoms with E-state index in [0.717, 1.165) is 46.8 Å². The second-order valence-corrected chi connectivity index (χ2v) is 10.8. The van der Waals surface area contributed by atoms with Crippen LogP contribution in [0.15, 0.2) is 34.8 Å². The van der Waals surface area contributed by atoms with Crippen LogP contribution in [-0.4, -0.2) is 35.4 Å². The first-order valence-electron chi connectivity index (χ1n) is 12.1. The highest BCUT2D eigenvalue weighted by atomic mass is 79.9. The summed E-state index contributed by atoms with van der Waals surface area (Å²) in [6.07, 6.45) is 5.89. The number of carbonyl (C=O) groups is 2. The van der Waals surface area contributed by atoms with E-state index in [0.29, 0.717) is 22.2 Å². The Hall–Kier alpha value is -1.76. The zero-order valence-corrected chi connectivity index (χ0v) is 23.6. The van der Waals surface area contributed by atoms with Crippen molar-refractivity contribution in [3.05, 3.63) is 61.5 Å². The van der Waals surface area contributed by atoms with Crippen LogP contribution in [0.2, 0.25) is 10.0 Å². The summed E-state index contributed by atoms with van der Waals surface area (Å²) in [5, 5.41) is 4.04. The Morgan fingerprint density at radius 1 is 1.09 bits per heavy atom. The first kappa shape index (κ1) is 27.8. The van der Waals surface area contributed by atoms with Crippen LogP contribution in [0.1, 0.15) is 62.1 Å². The van der Waals surface area contributed by atoms with Crippen LogP contribution in [-0.2, 0) is 16.1 Å². The molecule has 2 aromatic rings. The fourth-order valence-electron chi connectivity index (χ4n) is 4.52. The van der Waals surface area contributed by atoms with E-state index >= 15 is 0 Å². The fourth-order valence-corrected chi connectivity index (χ4v) is 5.07. The first-order chi connectivity index (χ1) is 16.7. The van der Waals surface area contributed by atoms with Crippen molar-refractivity contribution >= 4 is 50.9 Å². The highest BCUT2D eigenvalue weighted by molar-refractivity contribution is 9.10. The van der Waals surface area contributed by atoms with E-state index in [1.54, 1.807) is 17.0 Å². The number of nitrogens with zero attached hydrogens (tertiary/aromatic N) is 1. The lowest BCUT2D eigenvalue weighted by Crippen LogP contribution is -2.52. The number of ether oxygens (including phenoxy) is 1. The zero-order valence-electron chi connectivity index (χ0n) is 20.5. The predicted molar refractivity (Wildman–Crippen MR) is 145 cm³/mol. The van der Waals surface area contributed by atoms with Crippen LogP contribution < -0.4 is 10.1 Å². The SMILES string of the molecule is CC[C@H](C(=O)NC1CCCCC1)N(Cc1ccc(Cl)c(Cl)c1)C(=O)COc1cc(C)c(Br)c(C)c1. The summed E-state index contributed by atoms with van der Waals surface area (Å²) in [4.78, 5) is 28.4. The molecule has 8 heteroatoms. The summed E-state index contributed by atoms with van der Waals surface area (Å²) in [6.45, 7) is 5.93. The summed E-state index contributed by atoms with van der Waals surface area (Å²) in [7, 11) is 0. The molecule has 1 atom stereocenters. The minimum absolute atomic E-state index is 0.122. The molecule has 5 nitrogen and oxygen atoms in total. The third-order valence-corrected chi connectivity index (χ3v) is 8.44. The van der Waals surface area contributed by atoms with Gasteiger partial charge in [-0.2, -0.15) is 0 Å². The molecule has 1 saturated carbocycles. The van der Waals surface area contributed by atoms with Gasteiger partial charge in [0, 0.05) is 17.1 Å². The molecule has 3 rings (SSSR count). The third-order valence-electron chi connectivity index (χ3n) is 6.45. The molecule has 0 spiro atoms. The smallest absolute Gasteiger partial charge is 0.261 e. The lowest BCUT2D eigenvalue weighted by Gasteiger charge is -2.32. The maximum Gasteiger partial charge on any atom is 0.261 e. The van der Waals surface area contributed by atoms with Crippen LogP contribution in [0.4, 0.5) is 0 Å². The molecule has 35 heavy (non-hydrogen) atoms. The van der Waals surface area contributed by atoms with Crippen molar-refractivity contribution in [3.63, 3.8) is 0 Å². The lowest BCUT2D eigenvalue weighted by molar-refractivity contribution is -0.143. The van der Waals surface area contributed by atoms with Crippen molar-refractivity contribution in [1.82, 2.24) is 10.2 Å². The molecule has 2 amide bonds. The van der Waals surface area contributed by atoms with Crippen LogP contribution in [0.5, 0.6) is 5.75 Å². The number of benzene rings is 2. The van der Waals surface area contributed by atoms with Gasteiger partial charge >= 0.3 is 0 Å². The summed E-state index contributed by atoms with van der Waals surface area (Å²) >= 11 is 15.9. The van der Waals surface area contributed by atoms with Gasteiger partial charge in [0.25, 0.3) is 5.91 Å². The van der Waals surface area contributed by atoms with Gasteiger partial charge in [0.1, 0.15) is 11.8 Å². The number of hydrogen-bond acceptors (Lipinski definition) is 3. The first-order valence-corrected chi connectivity index (χ1v) is 13.7. The Labute approximate surface area is 226 Å². The van der Waals surface area contributed by atoms with E-state index < -0.39 is 6.04 Å². The second-order valence-electron chi connectivity index (χ2n) is 9.20. The number of nitrogens with one attached hydrogen (secondary N) is 1. The Morgan fingerprint density at radius 3 is 2.34 bits per heavy atom. The highest BCUT2D eigenvalue weighted by Crippen LogP contribution is 2.27. The number of aryl methyl sites for hydroxylation is 2. The molecule has 190 valence electrons. The van der Waals surface area contributed by atoms with Crippen LogP contribution in [0, 0.1) is 13.8 Å². The topological polar surface area (TPSA) is 58.6 Å². The van der Waals surface area contributed by atoms with E-state index in [9.17, 15) is 9.59 Å². The molecule has 0 unspecified atom stereocenters. The molecule has 0 radical (unpaired) electrons. The van der Waals surface area contributed by atoms with Gasteiger partial charge in [0.15, 0.2) is 6.61 Å². The molecule has 1 aliphatic rings. The maximum atomic E-state index is 13.5. The molecule has 0 aromatic heterocycles. The Kier molecular flexibility index (Phi) is 10.3. The van der Waals surface area contributed by atoms with Gasteiger partial charge in [0.2, 0.25) is 5.91 Å². The largest absolute Gasteiger partial charge is 0.484 e. The molecular weight excluding hydrogens is 551 g/mol. The van der Waals surface area contributed by atoms with Crippen LogP contribution in [0.3, 0.4) is 0 Å². The predicted octanol–water partition coefficient (Wildman–Crippen LogP) is 7.01. The van der Waals surface area contributed by atoms with Gasteiger partial charge in [-0.3, -0.25) is 9.59 Å². The molecule has 0 aliphatic heterocycles. The standard InChI is InChI=1S/C27H33BrCl2N2O3/c1-4-24(27(34)31-20-8-6-5-7-9-20)32(15-19-10-11-22(29)23(30)14-19)25(33)16-35-21-12-17(2)26(28)18(3)13-21/h10-14,20,24H,4-9,15-16H2,1-3H3,(H,31,34)/t24-/m1/s1. The normalized spacial score (nSPS) is 14.9. The molecule has 0 heterocycles. The molecular formula is C27H33BrCl2N2O3. The van der Waals surface area contributed by atoms with Crippen molar-refractivity contribution in [2.75, 3.05) is 6.61 Å². The molecule has 0 saturated heterocycles. The van der Waals surface area contributed by atoms with E-state index in [1.807, 2.05) is 39.0 Å². The zero-order chi connectivity index (χ0) is 25.5. The van der Waals surface area contributed by atoms with E-state index in [4.69, 9.17) is 27.9 Å². The number of halogens is 3. The van der Waals surface area contributed by atoms with Gasteiger partial charge in [-0.25, -0.2) is 0 Å². The van der Waals surface area contributed by atoms with Crippen molar-refractivity contribution < 1.29 is 14.3 Å². The summed E-state index contributed by atoms with van der Waals surface area (Å²) in [6, 6.07) is 8.59. The number of carbonyl (C=O) groups excluding carboxylic acids is 2. The summed E-state index contributed by atoms with van der Waals surface area (Å²) in [5.41, 5.74) is 2.85. The van der Waals surface area contributed by atoms with E-state index in [-0.39, 0.29) is 31.0 Å². The lowest BCUT2D eigenvalue weighted by atomic mass is 9.95. The average molecular weight is 584 g/mol. The van der Waals surface area contributed by atoms with Gasteiger partial charge in [-0.15, -0.1) is 0 Å². The van der Waals surface area contributed by atoms with E-state index in [1.165, 1.54) is 6.42 Å². The molecule has 1 fully saturated rings. The van der Waals surface area contributed by atoms with Crippen molar-refractivity contribution in [2.24, 2.45) is 0 Å². The molecule has 1 N–H and O–H groups in total. The maximum absolute atomic E-state index is 13.5. The van der Waals surface area contributed by atoms with E-state index in [2.05, 4.69) is 21.2 Å². The minimum atomic E-state index is -0.615. The van der Waals surface area contributed by atoms with Crippen molar-refractivity contribution in [2.45, 2.75) is 77.9 Å². The molecule has 2 aromatic carbocycles. The third kappa shape index (κ3) is 7.61. The number of hydrogen-bond donors (Lipinski definition) is 1. The number of amides is 2. The summed E-state index contributed by atoms with van der Waals surface area (Å²) < 4.78 is 6.90. The Balaban J connectivity index is 1.80. The Morgan fingerprint density at radius 2 is 1.74 bits per heavy atom. The monoisotopic (exact) mass is 582 g/mol. The Bertz CT molecular complexity index is 1030. The molecule has 0 bridgehead atoms. The van der Waals surface area contributed by atoms with Gasteiger partial charge in [-0.1, -0.05) is 71.4 Å². The quantitative estimate of drug-likeness (QED) is 0.345. The van der Waals surface area contributed by atoms with Crippen molar-refractivity contribution in [3.8, 4) is 5.75 Å². The van der Waals surface area contributed by atoms with Crippen LogP contribution in [0.25, 0.3) is 0 Å². The second kappa shape index (κ2) is 13.0. The van der Waals surface area contributed by atoms with Crippen LogP contribution >= 0.6 is 39.1 Å². The molecule has 1 aliphatic carbocycles. The number of rotatable bonds is 9. The minimum Gasteiger partial charge on any atom is -0.484 e. The van der Waals surface area contributed by atoms with Crippen molar-refractivity contribution in [1.29, 1.82) is 0 Å².